The summed E-state index contributed by atoms with van der Waals surface area (Å²) in [7, 11) is -1.28. The fourth-order valence-corrected chi connectivity index (χ4v) is 7.46. The Morgan fingerprint density at radius 2 is 1.76 bits per heavy atom. The van der Waals surface area contributed by atoms with Gasteiger partial charge in [0.2, 0.25) is 10.0 Å². The number of nitrogens with zero attached hydrogens (tertiary/aromatic N) is 2. The third kappa shape index (κ3) is 3.04. The maximum Gasteiger partial charge on any atom is 0.219 e. The number of fused-ring (bicyclic) bond motifs is 3. The molecule has 0 amide bonds. The van der Waals surface area contributed by atoms with E-state index in [1.54, 1.807) is 48.5 Å². The molecule has 7 nitrogen and oxygen atoms in total. The summed E-state index contributed by atoms with van der Waals surface area (Å²) in [5.74, 6) is -0.797. The second kappa shape index (κ2) is 8.01. The van der Waals surface area contributed by atoms with Crippen molar-refractivity contribution in [1.29, 1.82) is 0 Å². The number of hydrogen-bond donors (Lipinski definition) is 2. The second-order valence-electron chi connectivity index (χ2n) is 8.74. The molecule has 10 heteroatoms. The molecule has 1 aromatic heterocycles. The summed E-state index contributed by atoms with van der Waals surface area (Å²) in [6.45, 7) is 0. The highest BCUT2D eigenvalue weighted by Crippen LogP contribution is 2.67. The van der Waals surface area contributed by atoms with E-state index in [2.05, 4.69) is 20.9 Å². The molecule has 1 aliphatic heterocycles. The maximum atomic E-state index is 13.6. The van der Waals surface area contributed by atoms with E-state index in [1.807, 2.05) is 6.07 Å². The Balaban J connectivity index is 1.90. The first kappa shape index (κ1) is 23.7. The standard InChI is InChI=1S/C24H22BrClN2O5S/c1-28(2)34(31,32)20-19(14-6-4-3-5-7-14)24(15-8-10-16(25)11-9-15)23(30,22(20)29)21-18(33-24)12-17(26)13-27-21/h3-13,19-20,22,29-30H,1-2H3/t19-,20-,22-,23+,24+/m1/s1. The fourth-order valence-electron chi connectivity index (χ4n) is 5.34. The van der Waals surface area contributed by atoms with Crippen LogP contribution in [0.5, 0.6) is 5.75 Å². The Bertz CT molecular complexity index is 1360. The van der Waals surface area contributed by atoms with Crippen LogP contribution in [0, 0.1) is 0 Å². The Morgan fingerprint density at radius 1 is 1.12 bits per heavy atom. The number of halogens is 2. The van der Waals surface area contributed by atoms with Gasteiger partial charge in [0.1, 0.15) is 22.8 Å². The van der Waals surface area contributed by atoms with Crippen LogP contribution in [-0.2, 0) is 21.2 Å². The highest BCUT2D eigenvalue weighted by atomic mass is 79.9. The van der Waals surface area contributed by atoms with Gasteiger partial charge in [-0.15, -0.1) is 0 Å². The van der Waals surface area contributed by atoms with Crippen molar-refractivity contribution in [1.82, 2.24) is 9.29 Å². The lowest BCUT2D eigenvalue weighted by Gasteiger charge is -2.40. The van der Waals surface area contributed by atoms with Crippen LogP contribution in [0.1, 0.15) is 22.7 Å². The van der Waals surface area contributed by atoms with Gasteiger partial charge in [-0.25, -0.2) is 12.7 Å². The number of benzene rings is 2. The summed E-state index contributed by atoms with van der Waals surface area (Å²) in [6.07, 6.45) is -0.416. The molecule has 34 heavy (non-hydrogen) atoms. The molecular weight excluding hydrogens is 544 g/mol. The number of aliphatic hydroxyl groups is 2. The molecule has 5 rings (SSSR count). The van der Waals surface area contributed by atoms with Crippen molar-refractivity contribution < 1.29 is 23.4 Å². The van der Waals surface area contributed by atoms with Crippen LogP contribution >= 0.6 is 27.5 Å². The summed E-state index contributed by atoms with van der Waals surface area (Å²) >= 11 is 9.60. The van der Waals surface area contributed by atoms with Crippen molar-refractivity contribution in [3.63, 3.8) is 0 Å². The molecule has 178 valence electrons. The lowest BCUT2D eigenvalue weighted by Crippen LogP contribution is -2.52. The number of aromatic nitrogens is 1. The first-order chi connectivity index (χ1) is 16.0. The van der Waals surface area contributed by atoms with E-state index in [9.17, 15) is 18.6 Å². The third-order valence-corrected chi connectivity index (χ3v) is 9.78. The molecule has 1 aliphatic carbocycles. The van der Waals surface area contributed by atoms with Crippen LogP contribution in [0.2, 0.25) is 5.02 Å². The van der Waals surface area contributed by atoms with Crippen molar-refractivity contribution in [2.24, 2.45) is 0 Å². The number of aliphatic hydroxyl groups excluding tert-OH is 1. The summed E-state index contributed by atoms with van der Waals surface area (Å²) in [5, 5.41) is 23.0. The van der Waals surface area contributed by atoms with E-state index >= 15 is 0 Å². The molecule has 0 radical (unpaired) electrons. The topological polar surface area (TPSA) is 100.0 Å². The zero-order valence-corrected chi connectivity index (χ0v) is 21.4. The zero-order valence-electron chi connectivity index (χ0n) is 18.3. The van der Waals surface area contributed by atoms with Gasteiger partial charge in [-0.05, 0) is 23.3 Å². The smallest absolute Gasteiger partial charge is 0.219 e. The third-order valence-electron chi connectivity index (χ3n) is 6.81. The van der Waals surface area contributed by atoms with Crippen molar-refractivity contribution >= 4 is 37.6 Å². The monoisotopic (exact) mass is 564 g/mol. The van der Waals surface area contributed by atoms with Crippen LogP contribution in [-0.4, -0.2) is 53.4 Å². The molecule has 1 fully saturated rings. The molecule has 2 heterocycles. The predicted octanol–water partition coefficient (Wildman–Crippen LogP) is 3.39. The fraction of sp³-hybridized carbons (Fsp3) is 0.292. The normalized spacial score (nSPS) is 30.1. The molecule has 5 atom stereocenters. The molecule has 1 saturated carbocycles. The van der Waals surface area contributed by atoms with Crippen molar-refractivity contribution in [3.05, 3.63) is 93.2 Å². The first-order valence-corrected chi connectivity index (χ1v) is 13.2. The zero-order chi connectivity index (χ0) is 24.5. The largest absolute Gasteiger partial charge is 0.476 e. The van der Waals surface area contributed by atoms with E-state index in [1.165, 1.54) is 26.4 Å². The molecule has 2 aliphatic rings. The second-order valence-corrected chi connectivity index (χ2v) is 12.4. The Labute approximate surface area is 211 Å². The van der Waals surface area contributed by atoms with E-state index < -0.39 is 38.5 Å². The van der Waals surface area contributed by atoms with Crippen LogP contribution < -0.4 is 4.74 Å². The average Bonchev–Trinajstić information content (AvgIpc) is 3.17. The van der Waals surface area contributed by atoms with E-state index in [0.717, 1.165) is 8.78 Å². The minimum atomic E-state index is -4.09. The summed E-state index contributed by atoms with van der Waals surface area (Å²) in [5.41, 5.74) is -2.76. The molecule has 2 N–H and O–H groups in total. The van der Waals surface area contributed by atoms with Gasteiger partial charge in [0.05, 0.1) is 10.9 Å². The van der Waals surface area contributed by atoms with Gasteiger partial charge >= 0.3 is 0 Å². The molecule has 0 spiro atoms. The van der Waals surface area contributed by atoms with E-state index in [4.69, 9.17) is 16.3 Å². The quantitative estimate of drug-likeness (QED) is 0.503. The number of hydrogen-bond acceptors (Lipinski definition) is 6. The van der Waals surface area contributed by atoms with E-state index in [-0.39, 0.29) is 16.5 Å². The highest BCUT2D eigenvalue weighted by molar-refractivity contribution is 9.10. The minimum Gasteiger partial charge on any atom is -0.476 e. The van der Waals surface area contributed by atoms with E-state index in [0.29, 0.717) is 11.1 Å². The summed E-state index contributed by atoms with van der Waals surface area (Å²) in [6, 6.07) is 17.5. The number of sulfonamides is 1. The van der Waals surface area contributed by atoms with Crippen molar-refractivity contribution in [2.45, 2.75) is 28.5 Å². The Hall–Kier alpha value is -2.01. The Kier molecular flexibility index (Phi) is 5.59. The van der Waals surface area contributed by atoms with Gasteiger partial charge in [-0.3, -0.25) is 4.98 Å². The van der Waals surface area contributed by atoms with Crippen LogP contribution in [0.4, 0.5) is 0 Å². The van der Waals surface area contributed by atoms with Crippen LogP contribution in [0.3, 0.4) is 0 Å². The number of pyridine rings is 1. The maximum absolute atomic E-state index is 13.6. The average molecular weight is 566 g/mol. The Morgan fingerprint density at radius 3 is 2.38 bits per heavy atom. The molecule has 0 unspecified atom stereocenters. The minimum absolute atomic E-state index is 0.0460. The van der Waals surface area contributed by atoms with Gasteiger partial charge in [-0.2, -0.15) is 0 Å². The molecule has 0 bridgehead atoms. The lowest BCUT2D eigenvalue weighted by molar-refractivity contribution is -0.150. The summed E-state index contributed by atoms with van der Waals surface area (Å²) in [4.78, 5) is 4.32. The van der Waals surface area contributed by atoms with Crippen molar-refractivity contribution in [2.75, 3.05) is 14.1 Å². The van der Waals surface area contributed by atoms with Gasteiger partial charge in [0, 0.05) is 30.8 Å². The SMILES string of the molecule is CN(C)S(=O)(=O)[C@H]1[C@@H](O)[C@@]2(O)c3ncc(Cl)cc3O[C@@]2(c2ccc(Br)cc2)[C@@H]1c1ccccc1. The van der Waals surface area contributed by atoms with Gasteiger partial charge in [0.25, 0.3) is 0 Å². The van der Waals surface area contributed by atoms with Crippen molar-refractivity contribution in [3.8, 4) is 5.75 Å². The highest BCUT2D eigenvalue weighted by Gasteiger charge is 2.79. The number of rotatable bonds is 4. The molecule has 3 aromatic rings. The molecule has 2 aromatic carbocycles. The van der Waals surface area contributed by atoms with Gasteiger partial charge in [-0.1, -0.05) is 70.0 Å². The van der Waals surface area contributed by atoms with Crippen LogP contribution in [0.25, 0.3) is 0 Å². The molecule has 0 saturated heterocycles. The molecular formula is C24H22BrClN2O5S. The first-order valence-electron chi connectivity index (χ1n) is 10.5. The van der Waals surface area contributed by atoms with Gasteiger partial charge < -0.3 is 14.9 Å². The van der Waals surface area contributed by atoms with Crippen LogP contribution in [0.15, 0.2) is 71.3 Å². The number of ether oxygens (including phenoxy) is 1. The lowest BCUT2D eigenvalue weighted by atomic mass is 9.72. The summed E-state index contributed by atoms with van der Waals surface area (Å²) < 4.78 is 35.7. The predicted molar refractivity (Wildman–Crippen MR) is 131 cm³/mol. The van der Waals surface area contributed by atoms with Gasteiger partial charge in [0.15, 0.2) is 11.2 Å².